The molecule has 0 bridgehead atoms. The van der Waals surface area contributed by atoms with Crippen LogP contribution in [0.2, 0.25) is 0 Å². The second-order valence-electron chi connectivity index (χ2n) is 4.36. The summed E-state index contributed by atoms with van der Waals surface area (Å²) in [4.78, 5) is 0. The maximum Gasteiger partial charge on any atom is 0.231 e. The average Bonchev–Trinajstić information content (AvgIpc) is 2.86. The number of ether oxygens (including phenoxy) is 3. The summed E-state index contributed by atoms with van der Waals surface area (Å²) in [6.07, 6.45) is 0.160. The van der Waals surface area contributed by atoms with E-state index in [4.69, 9.17) is 19.9 Å². The first-order valence-corrected chi connectivity index (χ1v) is 6.10. The molecule has 2 atom stereocenters. The smallest absolute Gasteiger partial charge is 0.231 e. The van der Waals surface area contributed by atoms with E-state index in [2.05, 4.69) is 5.32 Å². The summed E-state index contributed by atoms with van der Waals surface area (Å²) in [6.45, 7) is 3.59. The van der Waals surface area contributed by atoms with Gasteiger partial charge in [-0.3, -0.25) is 0 Å². The maximum absolute atomic E-state index is 5.80. The molecule has 18 heavy (non-hydrogen) atoms. The van der Waals surface area contributed by atoms with Gasteiger partial charge in [-0.1, -0.05) is 6.07 Å². The Kier molecular flexibility index (Phi) is 4.41. The summed E-state index contributed by atoms with van der Waals surface area (Å²) >= 11 is 0. The maximum atomic E-state index is 5.80. The van der Waals surface area contributed by atoms with Crippen molar-refractivity contribution in [3.8, 4) is 11.5 Å². The van der Waals surface area contributed by atoms with Gasteiger partial charge < -0.3 is 25.3 Å². The Morgan fingerprint density at radius 1 is 1.39 bits per heavy atom. The quantitative estimate of drug-likeness (QED) is 0.792. The minimum atomic E-state index is 0.0945. The van der Waals surface area contributed by atoms with Gasteiger partial charge in [-0.15, -0.1) is 0 Å². The summed E-state index contributed by atoms with van der Waals surface area (Å²) in [5.74, 6) is 1.58. The van der Waals surface area contributed by atoms with Gasteiger partial charge in [-0.25, -0.2) is 0 Å². The van der Waals surface area contributed by atoms with E-state index in [9.17, 15) is 0 Å². The number of fused-ring (bicyclic) bond motifs is 1. The molecule has 0 spiro atoms. The van der Waals surface area contributed by atoms with E-state index in [-0.39, 0.29) is 12.1 Å². The number of hydrogen-bond donors (Lipinski definition) is 2. The topological polar surface area (TPSA) is 65.7 Å². The number of rotatable bonds is 6. The third kappa shape index (κ3) is 2.93. The Morgan fingerprint density at radius 3 is 2.89 bits per heavy atom. The Morgan fingerprint density at radius 2 is 2.17 bits per heavy atom. The molecule has 0 saturated carbocycles. The van der Waals surface area contributed by atoms with E-state index in [1.807, 2.05) is 25.1 Å². The summed E-state index contributed by atoms with van der Waals surface area (Å²) in [7, 11) is 1.70. The van der Waals surface area contributed by atoms with Crippen LogP contribution in [0, 0.1) is 0 Å². The molecule has 0 aromatic heterocycles. The van der Waals surface area contributed by atoms with Crippen LogP contribution in [0.3, 0.4) is 0 Å². The molecule has 0 fully saturated rings. The molecule has 2 rings (SSSR count). The normalized spacial score (nSPS) is 16.6. The predicted molar refractivity (Wildman–Crippen MR) is 68.8 cm³/mol. The van der Waals surface area contributed by atoms with Crippen LogP contribution in [-0.4, -0.2) is 33.1 Å². The fourth-order valence-corrected chi connectivity index (χ4v) is 1.86. The molecule has 1 aliphatic heterocycles. The highest BCUT2D eigenvalue weighted by Gasteiger charge is 2.17. The van der Waals surface area contributed by atoms with Gasteiger partial charge in [0.1, 0.15) is 0 Å². The lowest BCUT2D eigenvalue weighted by Crippen LogP contribution is -2.33. The van der Waals surface area contributed by atoms with Crippen LogP contribution in [0.1, 0.15) is 18.5 Å². The van der Waals surface area contributed by atoms with Crippen LogP contribution >= 0.6 is 0 Å². The first-order chi connectivity index (χ1) is 8.74. The fraction of sp³-hybridized carbons (Fsp3) is 0.538. The molecule has 100 valence electrons. The predicted octanol–water partition coefficient (Wildman–Crippen LogP) is 1.04. The van der Waals surface area contributed by atoms with Crippen LogP contribution in [0.5, 0.6) is 11.5 Å². The highest BCUT2D eigenvalue weighted by molar-refractivity contribution is 5.45. The lowest BCUT2D eigenvalue weighted by molar-refractivity contribution is 0.114. The molecule has 5 nitrogen and oxygen atoms in total. The Bertz CT molecular complexity index is 398. The van der Waals surface area contributed by atoms with Crippen molar-refractivity contribution in [1.29, 1.82) is 0 Å². The fourth-order valence-electron chi connectivity index (χ4n) is 1.86. The molecule has 2 unspecified atom stereocenters. The van der Waals surface area contributed by atoms with Crippen LogP contribution in [0.4, 0.5) is 0 Å². The minimum Gasteiger partial charge on any atom is -0.454 e. The first kappa shape index (κ1) is 13.1. The zero-order chi connectivity index (χ0) is 13.0. The van der Waals surface area contributed by atoms with E-state index in [0.29, 0.717) is 13.3 Å². The number of benzene rings is 1. The lowest BCUT2D eigenvalue weighted by atomic mass is 10.1. The van der Waals surface area contributed by atoms with Gasteiger partial charge >= 0.3 is 0 Å². The Labute approximate surface area is 107 Å². The summed E-state index contributed by atoms with van der Waals surface area (Å²) in [5, 5.41) is 3.38. The molecule has 1 aliphatic rings. The molecule has 0 radical (unpaired) electrons. The lowest BCUT2D eigenvalue weighted by Gasteiger charge is -2.20. The van der Waals surface area contributed by atoms with Crippen LogP contribution in [0.15, 0.2) is 18.2 Å². The second-order valence-corrected chi connectivity index (χ2v) is 4.36. The largest absolute Gasteiger partial charge is 0.454 e. The first-order valence-electron chi connectivity index (χ1n) is 6.10. The van der Waals surface area contributed by atoms with Crippen molar-refractivity contribution in [2.24, 2.45) is 5.73 Å². The zero-order valence-electron chi connectivity index (χ0n) is 10.8. The molecule has 5 heteroatoms. The summed E-state index contributed by atoms with van der Waals surface area (Å²) < 4.78 is 15.9. The van der Waals surface area contributed by atoms with Crippen molar-refractivity contribution in [3.05, 3.63) is 23.8 Å². The molecule has 1 heterocycles. The standard InChI is InChI=1S/C13H20N2O3/c1-9(16-2)7-15-11(6-14)10-3-4-12-13(5-10)18-8-17-12/h3-5,9,11,15H,6-8,14H2,1-2H3. The number of hydrogen-bond acceptors (Lipinski definition) is 5. The molecule has 0 amide bonds. The van der Waals surface area contributed by atoms with Crippen LogP contribution in [-0.2, 0) is 4.74 Å². The summed E-state index contributed by atoms with van der Waals surface area (Å²) in [5.41, 5.74) is 6.90. The molecule has 1 aromatic carbocycles. The Hall–Kier alpha value is -1.30. The number of nitrogens with one attached hydrogen (secondary N) is 1. The zero-order valence-corrected chi connectivity index (χ0v) is 10.8. The molecular weight excluding hydrogens is 232 g/mol. The van der Waals surface area contributed by atoms with E-state index in [1.165, 1.54) is 0 Å². The highest BCUT2D eigenvalue weighted by atomic mass is 16.7. The van der Waals surface area contributed by atoms with E-state index in [0.717, 1.165) is 23.6 Å². The van der Waals surface area contributed by atoms with Crippen molar-refractivity contribution in [2.45, 2.75) is 19.1 Å². The monoisotopic (exact) mass is 252 g/mol. The SMILES string of the molecule is COC(C)CNC(CN)c1ccc2c(c1)OCO2. The molecule has 3 N–H and O–H groups in total. The molecule has 0 aliphatic carbocycles. The van der Waals surface area contributed by atoms with Crippen molar-refractivity contribution >= 4 is 0 Å². The van der Waals surface area contributed by atoms with Gasteiger partial charge in [0.2, 0.25) is 6.79 Å². The molecular formula is C13H20N2O3. The van der Waals surface area contributed by atoms with Gasteiger partial charge in [-0.05, 0) is 24.6 Å². The third-order valence-electron chi connectivity index (χ3n) is 3.09. The average molecular weight is 252 g/mol. The third-order valence-corrected chi connectivity index (χ3v) is 3.09. The van der Waals surface area contributed by atoms with Crippen molar-refractivity contribution in [1.82, 2.24) is 5.32 Å². The minimum absolute atomic E-state index is 0.0945. The van der Waals surface area contributed by atoms with E-state index < -0.39 is 0 Å². The number of methoxy groups -OCH3 is 1. The van der Waals surface area contributed by atoms with Gasteiger partial charge in [-0.2, -0.15) is 0 Å². The van der Waals surface area contributed by atoms with Gasteiger partial charge in [0, 0.05) is 26.2 Å². The van der Waals surface area contributed by atoms with E-state index in [1.54, 1.807) is 7.11 Å². The van der Waals surface area contributed by atoms with Crippen molar-refractivity contribution < 1.29 is 14.2 Å². The van der Waals surface area contributed by atoms with E-state index >= 15 is 0 Å². The van der Waals surface area contributed by atoms with Crippen LogP contribution < -0.4 is 20.5 Å². The highest BCUT2D eigenvalue weighted by Crippen LogP contribution is 2.33. The second kappa shape index (κ2) is 6.04. The van der Waals surface area contributed by atoms with Crippen molar-refractivity contribution in [2.75, 3.05) is 27.0 Å². The van der Waals surface area contributed by atoms with Gasteiger partial charge in [0.05, 0.1) is 6.10 Å². The Balaban J connectivity index is 2.03. The van der Waals surface area contributed by atoms with Gasteiger partial charge in [0.25, 0.3) is 0 Å². The van der Waals surface area contributed by atoms with Crippen LogP contribution in [0.25, 0.3) is 0 Å². The van der Waals surface area contributed by atoms with Crippen molar-refractivity contribution in [3.63, 3.8) is 0 Å². The molecule has 1 aromatic rings. The number of nitrogens with two attached hydrogens (primary N) is 1. The van der Waals surface area contributed by atoms with Gasteiger partial charge in [0.15, 0.2) is 11.5 Å². The molecule has 0 saturated heterocycles. The summed E-state index contributed by atoms with van der Waals surface area (Å²) in [6, 6.07) is 6.00.